The third-order valence-electron chi connectivity index (χ3n) is 4.58. The van der Waals surface area contributed by atoms with Crippen LogP contribution in [0.1, 0.15) is 31.4 Å². The summed E-state index contributed by atoms with van der Waals surface area (Å²) in [6, 6.07) is 7.66. The molecule has 0 aromatic heterocycles. The van der Waals surface area contributed by atoms with Crippen LogP contribution < -0.4 is 5.32 Å². The maximum absolute atomic E-state index is 11.9. The largest absolute Gasteiger partial charge is 0.466 e. The van der Waals surface area contributed by atoms with Gasteiger partial charge in [0.2, 0.25) is 0 Å². The van der Waals surface area contributed by atoms with Gasteiger partial charge in [0.05, 0.1) is 18.6 Å². The van der Waals surface area contributed by atoms with E-state index in [9.17, 15) is 4.79 Å². The molecule has 1 unspecified atom stereocenters. The number of ether oxygens (including phenoxy) is 2. The Balaban J connectivity index is 0.00000364. The van der Waals surface area contributed by atoms with E-state index in [0.717, 1.165) is 37.5 Å². The van der Waals surface area contributed by atoms with E-state index in [0.29, 0.717) is 18.2 Å². The van der Waals surface area contributed by atoms with Crippen molar-refractivity contribution < 1.29 is 14.3 Å². The molecule has 1 saturated heterocycles. The van der Waals surface area contributed by atoms with Crippen LogP contribution in [0.4, 0.5) is 0 Å². The van der Waals surface area contributed by atoms with E-state index in [2.05, 4.69) is 15.2 Å². The van der Waals surface area contributed by atoms with E-state index in [1.807, 2.05) is 31.2 Å². The van der Waals surface area contributed by atoms with Gasteiger partial charge in [-0.2, -0.15) is 0 Å². The van der Waals surface area contributed by atoms with Crippen molar-refractivity contribution in [3.05, 3.63) is 34.9 Å². The van der Waals surface area contributed by atoms with Gasteiger partial charge in [0.15, 0.2) is 5.96 Å². The fourth-order valence-electron chi connectivity index (χ4n) is 3.15. The molecule has 0 amide bonds. The highest BCUT2D eigenvalue weighted by Crippen LogP contribution is 2.21. The van der Waals surface area contributed by atoms with Crippen LogP contribution in [-0.2, 0) is 14.3 Å². The Labute approximate surface area is 183 Å². The predicted octanol–water partition coefficient (Wildman–Crippen LogP) is 3.50. The summed E-state index contributed by atoms with van der Waals surface area (Å²) in [6.07, 6.45) is 1.44. The van der Waals surface area contributed by atoms with Crippen LogP contribution in [0.2, 0.25) is 5.02 Å². The summed E-state index contributed by atoms with van der Waals surface area (Å²) in [6.45, 7) is 4.41. The second-order valence-electron chi connectivity index (χ2n) is 6.22. The smallest absolute Gasteiger partial charge is 0.309 e. The lowest BCUT2D eigenvalue weighted by Gasteiger charge is -2.33. The van der Waals surface area contributed by atoms with E-state index >= 15 is 0 Å². The van der Waals surface area contributed by atoms with E-state index in [1.54, 1.807) is 14.2 Å². The van der Waals surface area contributed by atoms with Crippen molar-refractivity contribution in [2.75, 3.05) is 40.4 Å². The maximum atomic E-state index is 11.9. The van der Waals surface area contributed by atoms with Gasteiger partial charge in [-0.1, -0.05) is 23.7 Å². The number of rotatable bonds is 6. The summed E-state index contributed by atoms with van der Waals surface area (Å²) in [5.41, 5.74) is 1.02. The van der Waals surface area contributed by atoms with Gasteiger partial charge in [0.1, 0.15) is 0 Å². The third-order valence-corrected chi connectivity index (χ3v) is 4.81. The summed E-state index contributed by atoms with van der Waals surface area (Å²) in [7, 11) is 3.45. The normalized spacial score (nSPS) is 16.4. The van der Waals surface area contributed by atoms with Crippen molar-refractivity contribution in [3.8, 4) is 0 Å². The standard InChI is InChI=1S/C19H28ClN3O3.HI/c1-4-26-18(24)14-8-10-23(11-9-14)19(21-2)22-13-17(25-3)15-6-5-7-16(20)12-15;/h5-7,12,14,17H,4,8-11,13H2,1-3H3,(H,21,22);1H. The number of methoxy groups -OCH3 is 1. The van der Waals surface area contributed by atoms with Crippen LogP contribution in [0.3, 0.4) is 0 Å². The van der Waals surface area contributed by atoms with Gasteiger partial charge in [-0.15, -0.1) is 24.0 Å². The van der Waals surface area contributed by atoms with Crippen LogP contribution in [0, 0.1) is 5.92 Å². The second kappa shape index (κ2) is 12.4. The first-order valence-corrected chi connectivity index (χ1v) is 9.37. The van der Waals surface area contributed by atoms with Crippen molar-refractivity contribution >= 4 is 47.5 Å². The number of hydrogen-bond donors (Lipinski definition) is 1. The minimum absolute atomic E-state index is 0. The third kappa shape index (κ3) is 7.12. The van der Waals surface area contributed by atoms with E-state index in [4.69, 9.17) is 21.1 Å². The molecular weight excluding hydrogens is 481 g/mol. The van der Waals surface area contributed by atoms with Crippen LogP contribution in [0.25, 0.3) is 0 Å². The van der Waals surface area contributed by atoms with E-state index in [-0.39, 0.29) is 42.0 Å². The van der Waals surface area contributed by atoms with Crippen molar-refractivity contribution in [3.63, 3.8) is 0 Å². The number of nitrogens with one attached hydrogen (secondary N) is 1. The summed E-state index contributed by atoms with van der Waals surface area (Å²) in [5, 5.41) is 4.06. The Morgan fingerprint density at radius 2 is 2.11 bits per heavy atom. The minimum atomic E-state index is -0.123. The molecule has 0 bridgehead atoms. The number of nitrogens with zero attached hydrogens (tertiary/aromatic N) is 2. The van der Waals surface area contributed by atoms with E-state index in [1.165, 1.54) is 0 Å². The number of guanidine groups is 1. The van der Waals surface area contributed by atoms with Gasteiger partial charge in [-0.05, 0) is 37.5 Å². The molecule has 1 aromatic carbocycles. The average molecular weight is 510 g/mol. The zero-order chi connectivity index (χ0) is 18.9. The van der Waals surface area contributed by atoms with Crippen molar-refractivity contribution in [1.29, 1.82) is 0 Å². The van der Waals surface area contributed by atoms with Gasteiger partial charge >= 0.3 is 5.97 Å². The number of piperidine rings is 1. The molecule has 0 spiro atoms. The first-order valence-electron chi connectivity index (χ1n) is 8.99. The van der Waals surface area contributed by atoms with Gasteiger partial charge < -0.3 is 19.7 Å². The first kappa shape index (κ1) is 24.0. The minimum Gasteiger partial charge on any atom is -0.466 e. The first-order chi connectivity index (χ1) is 12.6. The van der Waals surface area contributed by atoms with Gasteiger partial charge in [0.25, 0.3) is 0 Å². The lowest BCUT2D eigenvalue weighted by Crippen LogP contribution is -2.47. The highest BCUT2D eigenvalue weighted by Gasteiger charge is 2.27. The number of benzene rings is 1. The number of halogens is 2. The molecule has 0 radical (unpaired) electrons. The Hall–Kier alpha value is -1.06. The summed E-state index contributed by atoms with van der Waals surface area (Å²) >= 11 is 6.07. The molecule has 1 atom stereocenters. The molecule has 1 heterocycles. The molecule has 6 nitrogen and oxygen atoms in total. The predicted molar refractivity (Wildman–Crippen MR) is 119 cm³/mol. The molecule has 152 valence electrons. The molecule has 27 heavy (non-hydrogen) atoms. The highest BCUT2D eigenvalue weighted by atomic mass is 127. The molecule has 8 heteroatoms. The summed E-state index contributed by atoms with van der Waals surface area (Å²) in [4.78, 5) is 18.4. The number of aliphatic imine (C=N–C) groups is 1. The molecule has 1 N–H and O–H groups in total. The SMILES string of the molecule is CCOC(=O)C1CCN(C(=NC)NCC(OC)c2cccc(Cl)c2)CC1.I. The Morgan fingerprint density at radius 3 is 2.67 bits per heavy atom. The van der Waals surface area contributed by atoms with Gasteiger partial charge in [-0.25, -0.2) is 0 Å². The fraction of sp³-hybridized carbons (Fsp3) is 0.579. The molecule has 1 aliphatic heterocycles. The second-order valence-corrected chi connectivity index (χ2v) is 6.66. The van der Waals surface area contributed by atoms with Crippen molar-refractivity contribution in [2.45, 2.75) is 25.9 Å². The Kier molecular flexibility index (Phi) is 11.0. The zero-order valence-corrected chi connectivity index (χ0v) is 19.2. The number of hydrogen-bond acceptors (Lipinski definition) is 4. The van der Waals surface area contributed by atoms with Crippen LogP contribution in [0.5, 0.6) is 0 Å². The lowest BCUT2D eigenvalue weighted by molar-refractivity contribution is -0.149. The summed E-state index contributed by atoms with van der Waals surface area (Å²) < 4.78 is 10.7. The maximum Gasteiger partial charge on any atom is 0.309 e. The van der Waals surface area contributed by atoms with Crippen molar-refractivity contribution in [2.24, 2.45) is 10.9 Å². The topological polar surface area (TPSA) is 63.2 Å². The molecule has 2 rings (SSSR count). The molecule has 1 aliphatic rings. The van der Waals surface area contributed by atoms with Crippen molar-refractivity contribution in [1.82, 2.24) is 10.2 Å². The zero-order valence-electron chi connectivity index (χ0n) is 16.1. The number of carbonyl (C=O) groups excluding carboxylic acids is 1. The van der Waals surface area contributed by atoms with Gasteiger partial charge in [-0.3, -0.25) is 9.79 Å². The molecule has 1 aromatic rings. The quantitative estimate of drug-likeness (QED) is 0.275. The molecular formula is C19H29ClIN3O3. The van der Waals surface area contributed by atoms with E-state index < -0.39 is 0 Å². The fourth-order valence-corrected chi connectivity index (χ4v) is 3.35. The monoisotopic (exact) mass is 509 g/mol. The lowest BCUT2D eigenvalue weighted by atomic mass is 9.97. The number of likely N-dealkylation sites (tertiary alicyclic amines) is 1. The number of carbonyl (C=O) groups is 1. The average Bonchev–Trinajstić information content (AvgIpc) is 2.66. The summed E-state index contributed by atoms with van der Waals surface area (Å²) in [5.74, 6) is 0.717. The molecule has 1 fully saturated rings. The highest BCUT2D eigenvalue weighted by molar-refractivity contribution is 14.0. The number of esters is 1. The van der Waals surface area contributed by atoms with Crippen LogP contribution in [0.15, 0.2) is 29.3 Å². The Morgan fingerprint density at radius 1 is 1.41 bits per heavy atom. The van der Waals surface area contributed by atoms with Gasteiger partial charge in [0, 0.05) is 38.8 Å². The van der Waals surface area contributed by atoms with Crippen LogP contribution >= 0.6 is 35.6 Å². The molecule has 0 saturated carbocycles. The molecule has 0 aliphatic carbocycles. The van der Waals surface area contributed by atoms with Crippen LogP contribution in [-0.4, -0.2) is 57.2 Å². The Bertz CT molecular complexity index is 622.